The lowest BCUT2D eigenvalue weighted by Gasteiger charge is -2.37. The maximum atomic E-state index is 13.2. The summed E-state index contributed by atoms with van der Waals surface area (Å²) >= 11 is 0. The van der Waals surface area contributed by atoms with Crippen molar-refractivity contribution in [2.45, 2.75) is 63.6 Å². The molecule has 1 aliphatic carbocycles. The van der Waals surface area contributed by atoms with Crippen molar-refractivity contribution in [3.8, 4) is 0 Å². The average Bonchev–Trinajstić information content (AvgIpc) is 3.32. The van der Waals surface area contributed by atoms with Gasteiger partial charge in [-0.25, -0.2) is 0 Å². The van der Waals surface area contributed by atoms with Crippen LogP contribution in [-0.2, 0) is 16.1 Å². The monoisotopic (exact) mass is 424 g/mol. The zero-order chi connectivity index (χ0) is 21.6. The number of amides is 4. The van der Waals surface area contributed by atoms with Gasteiger partial charge in [0.2, 0.25) is 11.8 Å². The molecule has 1 unspecified atom stereocenters. The number of rotatable bonds is 4. The van der Waals surface area contributed by atoms with Gasteiger partial charge < -0.3 is 10.6 Å². The van der Waals surface area contributed by atoms with Crippen molar-refractivity contribution in [2.24, 2.45) is 5.41 Å². The number of piperidine rings is 1. The predicted octanol–water partition coefficient (Wildman–Crippen LogP) is 1.10. The Balaban J connectivity index is 1.28. The fourth-order valence-corrected chi connectivity index (χ4v) is 5.64. The number of nitrogens with zero attached hydrogens (tertiary/aromatic N) is 1. The smallest absolute Gasteiger partial charge is 0.262 e. The van der Waals surface area contributed by atoms with E-state index in [9.17, 15) is 19.2 Å². The van der Waals surface area contributed by atoms with E-state index in [1.54, 1.807) is 12.1 Å². The van der Waals surface area contributed by atoms with Crippen LogP contribution in [0.3, 0.4) is 0 Å². The van der Waals surface area contributed by atoms with Crippen LogP contribution in [0.2, 0.25) is 0 Å². The van der Waals surface area contributed by atoms with Crippen molar-refractivity contribution in [3.05, 3.63) is 34.9 Å². The molecule has 1 atom stereocenters. The predicted molar refractivity (Wildman–Crippen MR) is 112 cm³/mol. The van der Waals surface area contributed by atoms with E-state index in [2.05, 4.69) is 16.0 Å². The molecule has 1 aromatic carbocycles. The molecule has 8 heteroatoms. The van der Waals surface area contributed by atoms with Crippen LogP contribution < -0.4 is 16.0 Å². The van der Waals surface area contributed by atoms with Crippen LogP contribution >= 0.6 is 0 Å². The van der Waals surface area contributed by atoms with Crippen LogP contribution in [0.5, 0.6) is 0 Å². The summed E-state index contributed by atoms with van der Waals surface area (Å²) in [6, 6.07) is 4.77. The maximum absolute atomic E-state index is 13.2. The van der Waals surface area contributed by atoms with Gasteiger partial charge in [0.25, 0.3) is 11.8 Å². The number of benzene rings is 1. The number of imide groups is 2. The normalized spacial score (nSPS) is 30.8. The lowest BCUT2D eigenvalue weighted by molar-refractivity contribution is -0.136. The van der Waals surface area contributed by atoms with E-state index in [-0.39, 0.29) is 18.7 Å². The molecule has 8 nitrogen and oxygen atoms in total. The summed E-state index contributed by atoms with van der Waals surface area (Å²) in [5.74, 6) is -1.84. The van der Waals surface area contributed by atoms with Gasteiger partial charge in [0.15, 0.2) is 0 Å². The Morgan fingerprint density at radius 2 is 1.84 bits per heavy atom. The second kappa shape index (κ2) is 7.84. The number of carbonyl (C=O) groups excluding carboxylic acids is 4. The fraction of sp³-hybridized carbons (Fsp3) is 0.565. The van der Waals surface area contributed by atoms with Crippen molar-refractivity contribution in [3.63, 3.8) is 0 Å². The van der Waals surface area contributed by atoms with Gasteiger partial charge in [-0.3, -0.25) is 29.4 Å². The zero-order valence-electron chi connectivity index (χ0n) is 17.5. The summed E-state index contributed by atoms with van der Waals surface area (Å²) in [5, 5.41) is 9.32. The summed E-state index contributed by atoms with van der Waals surface area (Å²) in [4.78, 5) is 50.9. The number of carbonyl (C=O) groups is 4. The molecule has 1 aromatic rings. The van der Waals surface area contributed by atoms with Crippen LogP contribution in [-0.4, -0.2) is 53.7 Å². The largest absolute Gasteiger partial charge is 0.316 e. The molecule has 1 spiro atoms. The highest BCUT2D eigenvalue weighted by Gasteiger charge is 2.45. The third-order valence-electron chi connectivity index (χ3n) is 7.51. The van der Waals surface area contributed by atoms with E-state index >= 15 is 0 Å². The van der Waals surface area contributed by atoms with Crippen molar-refractivity contribution in [1.82, 2.24) is 20.9 Å². The Morgan fingerprint density at radius 3 is 2.55 bits per heavy atom. The minimum atomic E-state index is -0.930. The van der Waals surface area contributed by atoms with Gasteiger partial charge in [-0.15, -0.1) is 0 Å². The highest BCUT2D eigenvalue weighted by molar-refractivity contribution is 6.24. The Labute approximate surface area is 181 Å². The third kappa shape index (κ3) is 3.57. The Hall–Kier alpha value is -2.58. The lowest BCUT2D eigenvalue weighted by atomic mass is 9.72. The summed E-state index contributed by atoms with van der Waals surface area (Å²) in [6.45, 7) is 2.76. The van der Waals surface area contributed by atoms with E-state index in [1.165, 1.54) is 19.3 Å². The molecule has 164 valence electrons. The molecule has 3 N–H and O–H groups in total. The fourth-order valence-electron chi connectivity index (χ4n) is 5.64. The highest BCUT2D eigenvalue weighted by atomic mass is 16.2. The second-order valence-electron chi connectivity index (χ2n) is 9.37. The quantitative estimate of drug-likeness (QED) is 0.625. The van der Waals surface area contributed by atoms with Crippen molar-refractivity contribution < 1.29 is 19.2 Å². The lowest BCUT2D eigenvalue weighted by Crippen LogP contribution is -2.54. The summed E-state index contributed by atoms with van der Waals surface area (Å²) in [7, 11) is 0. The molecule has 4 aliphatic rings. The van der Waals surface area contributed by atoms with Gasteiger partial charge in [-0.1, -0.05) is 12.1 Å². The summed E-state index contributed by atoms with van der Waals surface area (Å²) < 4.78 is 0. The standard InChI is InChI=1S/C23H28N4O4/c28-18-5-4-17(20(29)26-18)27-21(30)16-3-1-2-14(19(16)22(27)31)12-25-15-6-8-23(9-7-15)10-11-24-13-23/h1-3,15,17,24-25H,4-13H2,(H,26,28,29). The van der Waals surface area contributed by atoms with Gasteiger partial charge in [-0.05, 0) is 62.1 Å². The molecule has 5 rings (SSSR count). The molecular weight excluding hydrogens is 396 g/mol. The molecule has 3 heterocycles. The van der Waals surface area contributed by atoms with Crippen molar-refractivity contribution in [2.75, 3.05) is 13.1 Å². The van der Waals surface area contributed by atoms with Gasteiger partial charge in [0.05, 0.1) is 11.1 Å². The molecule has 31 heavy (non-hydrogen) atoms. The molecule has 3 fully saturated rings. The molecule has 4 amide bonds. The molecule has 2 saturated heterocycles. The minimum absolute atomic E-state index is 0.122. The van der Waals surface area contributed by atoms with Crippen molar-refractivity contribution in [1.29, 1.82) is 0 Å². The number of hydrogen-bond donors (Lipinski definition) is 3. The summed E-state index contributed by atoms with van der Waals surface area (Å²) in [6.07, 6.45) is 6.21. The van der Waals surface area contributed by atoms with Gasteiger partial charge >= 0.3 is 0 Å². The number of fused-ring (bicyclic) bond motifs is 1. The van der Waals surface area contributed by atoms with E-state index in [0.717, 1.165) is 36.4 Å². The zero-order valence-corrected chi connectivity index (χ0v) is 17.5. The van der Waals surface area contributed by atoms with Gasteiger partial charge in [0, 0.05) is 25.6 Å². The first-order valence-corrected chi connectivity index (χ1v) is 11.3. The molecular formula is C23H28N4O4. The highest BCUT2D eigenvalue weighted by Crippen LogP contribution is 2.41. The molecule has 1 saturated carbocycles. The van der Waals surface area contributed by atoms with Crippen LogP contribution in [0.15, 0.2) is 18.2 Å². The van der Waals surface area contributed by atoms with Crippen LogP contribution in [0, 0.1) is 5.41 Å². The number of nitrogens with one attached hydrogen (secondary N) is 3. The topological polar surface area (TPSA) is 108 Å². The third-order valence-corrected chi connectivity index (χ3v) is 7.51. The van der Waals surface area contributed by atoms with Crippen LogP contribution in [0.4, 0.5) is 0 Å². The first-order valence-electron chi connectivity index (χ1n) is 11.3. The van der Waals surface area contributed by atoms with Crippen LogP contribution in [0.1, 0.15) is 71.2 Å². The number of hydrogen-bond acceptors (Lipinski definition) is 6. The Kier molecular flexibility index (Phi) is 5.14. The molecule has 0 bridgehead atoms. The SMILES string of the molecule is O=C1CCC(N2C(=O)c3cccc(CNC4CCC5(CCNC5)CC4)c3C2=O)C(=O)N1. The van der Waals surface area contributed by atoms with Crippen LogP contribution in [0.25, 0.3) is 0 Å². The first-order chi connectivity index (χ1) is 15.0. The van der Waals surface area contributed by atoms with E-state index in [4.69, 9.17) is 0 Å². The van der Waals surface area contributed by atoms with E-state index in [0.29, 0.717) is 29.1 Å². The molecule has 0 radical (unpaired) electrons. The second-order valence-corrected chi connectivity index (χ2v) is 9.37. The maximum Gasteiger partial charge on any atom is 0.262 e. The summed E-state index contributed by atoms with van der Waals surface area (Å²) in [5.41, 5.74) is 1.98. The van der Waals surface area contributed by atoms with Gasteiger partial charge in [0.1, 0.15) is 6.04 Å². The molecule has 3 aliphatic heterocycles. The Morgan fingerprint density at radius 1 is 1.03 bits per heavy atom. The Bertz CT molecular complexity index is 943. The molecule has 0 aromatic heterocycles. The minimum Gasteiger partial charge on any atom is -0.316 e. The average molecular weight is 425 g/mol. The van der Waals surface area contributed by atoms with Gasteiger partial charge in [-0.2, -0.15) is 0 Å². The first kappa shape index (κ1) is 20.3. The van der Waals surface area contributed by atoms with E-state index < -0.39 is 23.8 Å². The van der Waals surface area contributed by atoms with Crippen molar-refractivity contribution >= 4 is 23.6 Å². The van der Waals surface area contributed by atoms with E-state index in [1.807, 2.05) is 6.07 Å².